The molecular formula is C18H11ClF3N4O4-. The summed E-state index contributed by atoms with van der Waals surface area (Å²) in [5, 5.41) is 20.1. The maximum atomic E-state index is 14.7. The third-order valence-electron chi connectivity index (χ3n) is 4.72. The number of carbonyl (C=O) groups excluding carboxylic acids is 1. The topological polar surface area (TPSA) is 125 Å². The molecule has 0 unspecified atom stereocenters. The van der Waals surface area contributed by atoms with Gasteiger partial charge in [-0.25, -0.2) is 18.2 Å². The lowest BCUT2D eigenvalue weighted by molar-refractivity contribution is -0.255. The zero-order chi connectivity index (χ0) is 21.9. The van der Waals surface area contributed by atoms with E-state index in [1.807, 2.05) is 0 Å². The van der Waals surface area contributed by atoms with Crippen molar-refractivity contribution in [3.8, 4) is 5.82 Å². The molecule has 4 rings (SSSR count). The Labute approximate surface area is 170 Å². The summed E-state index contributed by atoms with van der Waals surface area (Å²) in [5.74, 6) is -6.61. The molecule has 0 bridgehead atoms. The predicted octanol–water partition coefficient (Wildman–Crippen LogP) is 0.583. The SMILES string of the molecule is Nc1nc(-n2cc(C(=O)[O-])c(=O)c3cc(F)c(N4CC(O)C4)c(Cl)c32)c(F)cc1F. The molecule has 12 heteroatoms. The van der Waals surface area contributed by atoms with Crippen molar-refractivity contribution in [3.63, 3.8) is 0 Å². The zero-order valence-electron chi connectivity index (χ0n) is 14.8. The number of fused-ring (bicyclic) bond motifs is 1. The second kappa shape index (κ2) is 6.89. The van der Waals surface area contributed by atoms with Crippen LogP contribution < -0.4 is 21.2 Å². The summed E-state index contributed by atoms with van der Waals surface area (Å²) in [4.78, 5) is 28.9. The summed E-state index contributed by atoms with van der Waals surface area (Å²) >= 11 is 6.34. The van der Waals surface area contributed by atoms with Gasteiger partial charge in [0.2, 0.25) is 0 Å². The first-order chi connectivity index (χ1) is 14.1. The monoisotopic (exact) mass is 439 g/mol. The van der Waals surface area contributed by atoms with Gasteiger partial charge in [0.1, 0.15) is 5.82 Å². The smallest absolute Gasteiger partial charge is 0.198 e. The van der Waals surface area contributed by atoms with Gasteiger partial charge in [-0.2, -0.15) is 0 Å². The van der Waals surface area contributed by atoms with Crippen LogP contribution in [0.25, 0.3) is 16.7 Å². The molecule has 0 atom stereocenters. The Hall–Kier alpha value is -3.31. The molecule has 8 nitrogen and oxygen atoms in total. The van der Waals surface area contributed by atoms with Crippen LogP contribution in [0.1, 0.15) is 10.4 Å². The van der Waals surface area contributed by atoms with E-state index < -0.39 is 57.5 Å². The van der Waals surface area contributed by atoms with Gasteiger partial charge in [-0.1, -0.05) is 11.6 Å². The zero-order valence-corrected chi connectivity index (χ0v) is 15.6. The molecule has 1 aliphatic rings. The number of nitrogens with zero attached hydrogens (tertiary/aromatic N) is 3. The molecule has 2 aromatic heterocycles. The molecule has 0 radical (unpaired) electrons. The van der Waals surface area contributed by atoms with E-state index in [4.69, 9.17) is 17.3 Å². The average molecular weight is 440 g/mol. The summed E-state index contributed by atoms with van der Waals surface area (Å²) in [6.07, 6.45) is -0.0174. The van der Waals surface area contributed by atoms with Crippen LogP contribution in [0, 0.1) is 17.5 Å². The number of nitrogens with two attached hydrogens (primary N) is 1. The third kappa shape index (κ3) is 2.94. The number of hydrogen-bond donors (Lipinski definition) is 2. The van der Waals surface area contributed by atoms with Crippen LogP contribution in [-0.2, 0) is 0 Å². The largest absolute Gasteiger partial charge is 0.545 e. The van der Waals surface area contributed by atoms with Gasteiger partial charge < -0.3 is 25.6 Å². The van der Waals surface area contributed by atoms with Crippen LogP contribution in [0.5, 0.6) is 0 Å². The number of aromatic nitrogens is 2. The van der Waals surface area contributed by atoms with Gasteiger partial charge in [0.25, 0.3) is 0 Å². The van der Waals surface area contributed by atoms with Crippen LogP contribution in [0.2, 0.25) is 5.02 Å². The quantitative estimate of drug-likeness (QED) is 0.611. The number of pyridine rings is 2. The first-order valence-corrected chi connectivity index (χ1v) is 8.81. The lowest BCUT2D eigenvalue weighted by atomic mass is 10.1. The number of rotatable bonds is 3. The van der Waals surface area contributed by atoms with Crippen LogP contribution in [0.4, 0.5) is 24.7 Å². The highest BCUT2D eigenvalue weighted by molar-refractivity contribution is 6.38. The number of carboxylic acid groups (broad SMARTS) is 1. The maximum absolute atomic E-state index is 14.7. The Morgan fingerprint density at radius 3 is 2.50 bits per heavy atom. The number of carboxylic acids is 1. The Kier molecular flexibility index (Phi) is 4.59. The lowest BCUT2D eigenvalue weighted by Crippen LogP contribution is -2.51. The minimum atomic E-state index is -1.90. The number of anilines is 2. The van der Waals surface area contributed by atoms with E-state index >= 15 is 0 Å². The van der Waals surface area contributed by atoms with Crippen LogP contribution in [-0.4, -0.2) is 39.8 Å². The molecule has 156 valence electrons. The van der Waals surface area contributed by atoms with E-state index in [1.54, 1.807) is 0 Å². The third-order valence-corrected chi connectivity index (χ3v) is 5.08. The number of halogens is 4. The maximum Gasteiger partial charge on any atom is 0.198 e. The lowest BCUT2D eigenvalue weighted by Gasteiger charge is -2.38. The Morgan fingerprint density at radius 1 is 1.23 bits per heavy atom. The standard InChI is InChI=1S/C18H12ClF3N4O4/c19-12-13-7(1-9(20)14(12)25-3-6(27)4-25)15(28)8(18(29)30)5-26(13)17-11(22)2-10(21)16(23)24-17/h1-2,5-6,27H,3-4H2,(H2,23,24)(H,29,30)/p-1. The molecular weight excluding hydrogens is 429 g/mol. The Bertz CT molecular complexity index is 1290. The molecule has 1 aliphatic heterocycles. The van der Waals surface area contributed by atoms with E-state index in [2.05, 4.69) is 4.98 Å². The highest BCUT2D eigenvalue weighted by atomic mass is 35.5. The summed E-state index contributed by atoms with van der Waals surface area (Å²) in [6.45, 7) is 0.110. The molecule has 0 aliphatic carbocycles. The number of aromatic carboxylic acids is 1. The van der Waals surface area contributed by atoms with Gasteiger partial charge in [0.05, 0.1) is 39.2 Å². The van der Waals surface area contributed by atoms with E-state index in [0.717, 1.165) is 10.6 Å². The van der Waals surface area contributed by atoms with Crippen molar-refractivity contribution in [2.24, 2.45) is 0 Å². The highest BCUT2D eigenvalue weighted by Gasteiger charge is 2.31. The van der Waals surface area contributed by atoms with E-state index in [-0.39, 0.29) is 29.3 Å². The minimum Gasteiger partial charge on any atom is -0.545 e. The normalized spacial score (nSPS) is 14.2. The number of nitrogen functional groups attached to an aromatic ring is 1. The number of aliphatic hydroxyl groups is 1. The van der Waals surface area contributed by atoms with Gasteiger partial charge in [-0.3, -0.25) is 9.36 Å². The number of benzene rings is 1. The Balaban J connectivity index is 2.14. The van der Waals surface area contributed by atoms with Gasteiger partial charge in [0, 0.05) is 25.4 Å². The van der Waals surface area contributed by atoms with Crippen molar-refractivity contribution in [1.29, 1.82) is 0 Å². The summed E-state index contributed by atoms with van der Waals surface area (Å²) in [7, 11) is 0. The first kappa shape index (κ1) is 20.0. The molecule has 3 aromatic rings. The number of aliphatic hydroxyl groups excluding tert-OH is 1. The van der Waals surface area contributed by atoms with Gasteiger partial charge >= 0.3 is 0 Å². The van der Waals surface area contributed by atoms with Crippen molar-refractivity contribution in [2.75, 3.05) is 23.7 Å². The van der Waals surface area contributed by atoms with Gasteiger partial charge in [-0.05, 0) is 6.07 Å². The van der Waals surface area contributed by atoms with Crippen molar-refractivity contribution < 1.29 is 28.2 Å². The van der Waals surface area contributed by atoms with Crippen LogP contribution in [0.3, 0.4) is 0 Å². The molecule has 30 heavy (non-hydrogen) atoms. The molecule has 0 saturated carbocycles. The fraction of sp³-hybridized carbons (Fsp3) is 0.167. The van der Waals surface area contributed by atoms with E-state index in [9.17, 15) is 33.0 Å². The molecule has 3 N–H and O–H groups in total. The Morgan fingerprint density at radius 2 is 1.90 bits per heavy atom. The van der Waals surface area contributed by atoms with E-state index in [1.165, 1.54) is 4.90 Å². The highest BCUT2D eigenvalue weighted by Crippen LogP contribution is 2.38. The molecule has 1 saturated heterocycles. The summed E-state index contributed by atoms with van der Waals surface area (Å²) < 4.78 is 43.6. The van der Waals surface area contributed by atoms with Crippen LogP contribution >= 0.6 is 11.6 Å². The fourth-order valence-corrected chi connectivity index (χ4v) is 3.69. The molecule has 1 fully saturated rings. The second-order valence-electron chi connectivity index (χ2n) is 6.67. The molecule has 0 spiro atoms. The van der Waals surface area contributed by atoms with Crippen molar-refractivity contribution in [2.45, 2.75) is 6.10 Å². The van der Waals surface area contributed by atoms with E-state index in [0.29, 0.717) is 12.3 Å². The van der Waals surface area contributed by atoms with Crippen molar-refractivity contribution in [1.82, 2.24) is 9.55 Å². The number of β-amino-alcohol motifs (C(OH)–C–C–N with tert-alkyl or cyclic N) is 1. The van der Waals surface area contributed by atoms with Crippen LogP contribution in [0.15, 0.2) is 23.1 Å². The summed E-state index contributed by atoms with van der Waals surface area (Å²) in [6, 6.07) is 1.17. The van der Waals surface area contributed by atoms with Crippen molar-refractivity contribution in [3.05, 3.63) is 56.6 Å². The fourth-order valence-electron chi connectivity index (χ4n) is 3.28. The molecule has 1 aromatic carbocycles. The van der Waals surface area contributed by atoms with Crippen molar-refractivity contribution >= 4 is 40.0 Å². The summed E-state index contributed by atoms with van der Waals surface area (Å²) in [5.41, 5.74) is 2.90. The molecule has 0 amide bonds. The number of carbonyl (C=O) groups is 1. The first-order valence-electron chi connectivity index (χ1n) is 8.43. The number of hydrogen-bond acceptors (Lipinski definition) is 7. The van der Waals surface area contributed by atoms with Gasteiger partial charge in [-0.15, -0.1) is 0 Å². The van der Waals surface area contributed by atoms with Gasteiger partial charge in [0.15, 0.2) is 28.7 Å². The average Bonchev–Trinajstić information content (AvgIpc) is 2.64. The molecule has 3 heterocycles. The second-order valence-corrected chi connectivity index (χ2v) is 7.04. The predicted molar refractivity (Wildman–Crippen MR) is 99.2 cm³/mol. The minimum absolute atomic E-state index is 0.0552.